The zero-order chi connectivity index (χ0) is 48.3. The summed E-state index contributed by atoms with van der Waals surface area (Å²) in [6.45, 7) is 3.54. The average molecular weight is 935 g/mol. The number of fused-ring (bicyclic) bond motifs is 6. The van der Waals surface area contributed by atoms with Gasteiger partial charge in [-0.15, -0.1) is 0 Å². The maximum atomic E-state index is 14.6. The van der Waals surface area contributed by atoms with Crippen LogP contribution in [0.25, 0.3) is 22.3 Å². The maximum absolute atomic E-state index is 14.6. The van der Waals surface area contributed by atoms with Crippen LogP contribution in [-0.2, 0) is 35.2 Å². The molecule has 2 aliphatic heterocycles. The second-order valence-corrected chi connectivity index (χ2v) is 18.0. The lowest BCUT2D eigenvalue weighted by Gasteiger charge is -2.32. The number of nitrogens with zero attached hydrogens (tertiary/aromatic N) is 2. The molecular formula is C49H55ClN8O9. The Morgan fingerprint density at radius 1 is 0.866 bits per heavy atom. The topological polar surface area (TPSA) is 267 Å². The Kier molecular flexibility index (Phi) is 14.5. The summed E-state index contributed by atoms with van der Waals surface area (Å²) in [6.07, 6.45) is 1.82. The number of carbonyl (C=O) groups is 7. The summed E-state index contributed by atoms with van der Waals surface area (Å²) in [5, 5.41) is 33.8. The Labute approximate surface area is 392 Å². The van der Waals surface area contributed by atoms with Gasteiger partial charge in [-0.05, 0) is 129 Å². The summed E-state index contributed by atoms with van der Waals surface area (Å²) in [5.41, 5.74) is 14.3. The normalized spacial score (nSPS) is 21.9. The number of hydrogen-bond acceptors (Lipinski definition) is 10. The Hall–Kier alpha value is -6.98. The molecule has 18 heteroatoms. The molecule has 67 heavy (non-hydrogen) atoms. The first-order chi connectivity index (χ1) is 31.9. The summed E-state index contributed by atoms with van der Waals surface area (Å²) < 4.78 is 0. The fourth-order valence-electron chi connectivity index (χ4n) is 9.02. The minimum Gasteiger partial charge on any atom is -0.507 e. The van der Waals surface area contributed by atoms with Crippen molar-refractivity contribution in [3.63, 3.8) is 0 Å². The van der Waals surface area contributed by atoms with Gasteiger partial charge in [0, 0.05) is 41.7 Å². The van der Waals surface area contributed by atoms with Crippen molar-refractivity contribution in [3.8, 4) is 33.8 Å². The zero-order valence-corrected chi connectivity index (χ0v) is 38.1. The number of hydrogen-bond donors (Lipinski definition) is 8. The van der Waals surface area contributed by atoms with Crippen molar-refractivity contribution in [1.29, 1.82) is 0 Å². The molecule has 1 aliphatic carbocycles. The van der Waals surface area contributed by atoms with Crippen molar-refractivity contribution in [2.45, 2.75) is 82.2 Å². The molecule has 0 spiro atoms. The lowest BCUT2D eigenvalue weighted by Crippen LogP contribution is -2.58. The van der Waals surface area contributed by atoms with Gasteiger partial charge in [0.15, 0.2) is 0 Å². The van der Waals surface area contributed by atoms with Gasteiger partial charge < -0.3 is 52.7 Å². The number of phenols is 2. The molecule has 352 valence electrons. The predicted octanol–water partition coefficient (Wildman–Crippen LogP) is 2.89. The van der Waals surface area contributed by atoms with Crippen LogP contribution in [0.4, 0.5) is 0 Å². The maximum Gasteiger partial charge on any atom is 0.251 e. The molecule has 7 rings (SSSR count). The number of aromatic hydroxyl groups is 2. The van der Waals surface area contributed by atoms with Crippen LogP contribution in [0.1, 0.15) is 67.1 Å². The summed E-state index contributed by atoms with van der Waals surface area (Å²) in [7, 11) is 1.38. The number of nitrogens with one attached hydrogen (secondary N) is 4. The molecule has 17 nitrogen and oxygen atoms in total. The third-order valence-corrected chi connectivity index (χ3v) is 13.1. The molecule has 7 amide bonds. The third-order valence-electron chi connectivity index (χ3n) is 12.8. The van der Waals surface area contributed by atoms with Crippen molar-refractivity contribution in [1.82, 2.24) is 31.1 Å². The van der Waals surface area contributed by atoms with E-state index < -0.39 is 77.6 Å². The highest BCUT2D eigenvalue weighted by molar-refractivity contribution is 6.30. The lowest BCUT2D eigenvalue weighted by molar-refractivity contribution is -0.142. The van der Waals surface area contributed by atoms with Crippen molar-refractivity contribution in [2.24, 2.45) is 23.3 Å². The van der Waals surface area contributed by atoms with Gasteiger partial charge >= 0.3 is 0 Å². The smallest absolute Gasteiger partial charge is 0.251 e. The standard InChI is InChI=1S/C49H55ClN8O9/c1-25-44(62)56-38(46(64)54-26(2)48(66)58-24-32-23-34(32)42(58)43(52)61)21-27-7-17-39(59)35(20-27)36-22-31(14-18-40(36)60)41(47(65)53-25)57(3)49(67)37(6-4-5-19-51)55-45(63)30-10-8-28(9-11-30)29-12-15-33(50)16-13-29/h7-18,20,22,25-26,32,34,37-38,41-42,59-60H,4-6,19,21,23-24,51H2,1-3H3,(H2,52,61)(H,53,65)(H,54,64)(H,55,63)(H,56,62). The fraction of sp³-hybridized carbons (Fsp3) is 0.367. The Bertz CT molecular complexity index is 2570. The second kappa shape index (κ2) is 20.3. The molecule has 1 saturated heterocycles. The SMILES string of the molecule is CC1NC(=O)C(N(C)C(=O)C(CCCCN)NC(=O)c2ccc(-c3ccc(Cl)cc3)cc2)c2ccc(O)c(c2)-c2cc(ccc2O)CC(C(=O)NC(C)C(=O)N2CC3CC3C2C(N)=O)NC1=O. The van der Waals surface area contributed by atoms with E-state index in [1.165, 1.54) is 62.2 Å². The molecule has 8 unspecified atom stereocenters. The first kappa shape index (κ1) is 48.0. The lowest BCUT2D eigenvalue weighted by atomic mass is 9.93. The molecule has 8 atom stereocenters. The number of phenolic OH excluding ortho intramolecular Hbond substituents is 2. The number of likely N-dealkylation sites (tertiary alicyclic amines) is 1. The number of carbonyl (C=O) groups excluding carboxylic acids is 7. The molecule has 0 radical (unpaired) electrons. The molecule has 10 N–H and O–H groups in total. The van der Waals surface area contributed by atoms with E-state index in [1.807, 2.05) is 12.1 Å². The number of primary amides is 1. The first-order valence-corrected chi connectivity index (χ1v) is 22.6. The minimum atomic E-state index is -1.46. The van der Waals surface area contributed by atoms with Crippen LogP contribution in [0.15, 0.2) is 84.9 Å². The number of unbranched alkanes of at least 4 members (excludes halogenated alkanes) is 1. The number of halogens is 1. The molecule has 2 heterocycles. The van der Waals surface area contributed by atoms with E-state index in [1.54, 1.807) is 36.4 Å². The highest BCUT2D eigenvalue weighted by atomic mass is 35.5. The number of benzene rings is 4. The van der Waals surface area contributed by atoms with Gasteiger partial charge in [0.2, 0.25) is 35.4 Å². The van der Waals surface area contributed by atoms with Crippen molar-refractivity contribution < 1.29 is 43.8 Å². The Balaban J connectivity index is 1.16. The van der Waals surface area contributed by atoms with Gasteiger partial charge in [0.1, 0.15) is 47.8 Å². The third kappa shape index (κ3) is 10.7. The van der Waals surface area contributed by atoms with Crippen LogP contribution >= 0.6 is 11.6 Å². The van der Waals surface area contributed by atoms with Gasteiger partial charge in [-0.1, -0.05) is 48.0 Å². The molecule has 4 bridgehead atoms. The monoisotopic (exact) mass is 934 g/mol. The van der Waals surface area contributed by atoms with Gasteiger partial charge in [-0.25, -0.2) is 0 Å². The number of piperidine rings is 1. The van der Waals surface area contributed by atoms with Gasteiger partial charge in [0.05, 0.1) is 0 Å². The average Bonchev–Trinajstić information content (AvgIpc) is 3.96. The summed E-state index contributed by atoms with van der Waals surface area (Å²) in [6, 6.07) is 15.6. The van der Waals surface area contributed by atoms with Crippen LogP contribution < -0.4 is 32.7 Å². The van der Waals surface area contributed by atoms with E-state index in [4.69, 9.17) is 23.1 Å². The summed E-state index contributed by atoms with van der Waals surface area (Å²) in [5.74, 6) is -5.03. The first-order valence-electron chi connectivity index (χ1n) is 22.2. The highest BCUT2D eigenvalue weighted by Gasteiger charge is 2.56. The molecule has 3 aliphatic rings. The molecule has 2 fully saturated rings. The number of amides is 7. The summed E-state index contributed by atoms with van der Waals surface area (Å²) in [4.78, 5) is 99.2. The van der Waals surface area contributed by atoms with E-state index in [0.717, 1.165) is 22.4 Å². The fourth-order valence-corrected chi connectivity index (χ4v) is 9.14. The Morgan fingerprint density at radius 2 is 1.51 bits per heavy atom. The van der Waals surface area contributed by atoms with Gasteiger partial charge in [-0.2, -0.15) is 0 Å². The van der Waals surface area contributed by atoms with Gasteiger partial charge in [0.25, 0.3) is 5.91 Å². The second-order valence-electron chi connectivity index (χ2n) is 17.6. The molecule has 1 saturated carbocycles. The van der Waals surface area contributed by atoms with E-state index in [-0.39, 0.29) is 58.4 Å². The van der Waals surface area contributed by atoms with Crippen molar-refractivity contribution in [2.75, 3.05) is 20.1 Å². The number of likely N-dealkylation sites (N-methyl/N-ethyl adjacent to an activating group) is 1. The van der Waals surface area contributed by atoms with Crippen LogP contribution in [-0.4, -0.2) is 112 Å². The van der Waals surface area contributed by atoms with Crippen molar-refractivity contribution >= 4 is 53.0 Å². The zero-order valence-electron chi connectivity index (χ0n) is 37.3. The van der Waals surface area contributed by atoms with E-state index in [0.29, 0.717) is 36.5 Å². The largest absolute Gasteiger partial charge is 0.507 e. The van der Waals surface area contributed by atoms with Crippen LogP contribution in [0.3, 0.4) is 0 Å². The van der Waals surface area contributed by atoms with Crippen LogP contribution in [0, 0.1) is 11.8 Å². The van der Waals surface area contributed by atoms with E-state index >= 15 is 0 Å². The predicted molar refractivity (Wildman–Crippen MR) is 249 cm³/mol. The van der Waals surface area contributed by atoms with E-state index in [9.17, 15) is 43.8 Å². The summed E-state index contributed by atoms with van der Waals surface area (Å²) >= 11 is 6.05. The van der Waals surface area contributed by atoms with Gasteiger partial charge in [-0.3, -0.25) is 33.6 Å². The number of rotatable bonds is 13. The Morgan fingerprint density at radius 3 is 2.16 bits per heavy atom. The van der Waals surface area contributed by atoms with Crippen molar-refractivity contribution in [3.05, 3.63) is 107 Å². The molecule has 0 aromatic heterocycles. The van der Waals surface area contributed by atoms with Crippen LogP contribution in [0.5, 0.6) is 11.5 Å². The quantitative estimate of drug-likeness (QED) is 0.0909. The highest BCUT2D eigenvalue weighted by Crippen LogP contribution is 2.49. The minimum absolute atomic E-state index is 0.0131. The molecule has 4 aromatic rings. The molecule has 4 aromatic carbocycles. The number of nitrogens with two attached hydrogens (primary N) is 2. The van der Waals surface area contributed by atoms with Crippen LogP contribution in [0.2, 0.25) is 5.02 Å². The van der Waals surface area contributed by atoms with E-state index in [2.05, 4.69) is 21.3 Å². The molecular weight excluding hydrogens is 880 g/mol.